The Morgan fingerprint density at radius 1 is 1.32 bits per heavy atom. The van der Waals surface area contributed by atoms with Crippen LogP contribution < -0.4 is 5.32 Å². The first-order valence-electron chi connectivity index (χ1n) is 6.39. The Bertz CT molecular complexity index is 409. The zero-order valence-corrected chi connectivity index (χ0v) is 13.0. The second-order valence-electron chi connectivity index (χ2n) is 4.62. The molecule has 0 fully saturated rings. The molecule has 1 aromatic carbocycles. The van der Waals surface area contributed by atoms with Gasteiger partial charge >= 0.3 is 0 Å². The van der Waals surface area contributed by atoms with Crippen LogP contribution in [0.2, 0.25) is 10.0 Å². The average Bonchev–Trinajstić information content (AvgIpc) is 2.34. The summed E-state index contributed by atoms with van der Waals surface area (Å²) in [6, 6.07) is 2.99. The minimum absolute atomic E-state index is 0.0444. The number of hydrogen-bond donors (Lipinski definition) is 1. The van der Waals surface area contributed by atoms with Crippen LogP contribution in [0.3, 0.4) is 0 Å². The van der Waals surface area contributed by atoms with Gasteiger partial charge in [0.05, 0.1) is 11.6 Å². The van der Waals surface area contributed by atoms with E-state index in [4.69, 9.17) is 27.9 Å². The lowest BCUT2D eigenvalue weighted by atomic mass is 10.1. The SMILES string of the molecule is CCCC(COC)NC(C)c1cc(F)c(Cl)cc1Cl. The number of ether oxygens (including phenoxy) is 1. The molecule has 5 heteroatoms. The summed E-state index contributed by atoms with van der Waals surface area (Å²) in [6.45, 7) is 4.68. The average molecular weight is 308 g/mol. The molecular formula is C14H20Cl2FNO. The first kappa shape index (κ1) is 16.7. The second-order valence-corrected chi connectivity index (χ2v) is 5.43. The van der Waals surface area contributed by atoms with Gasteiger partial charge in [-0.3, -0.25) is 0 Å². The molecule has 2 atom stereocenters. The molecule has 0 saturated carbocycles. The maximum Gasteiger partial charge on any atom is 0.142 e. The Morgan fingerprint density at radius 2 is 2.00 bits per heavy atom. The maximum absolute atomic E-state index is 13.5. The van der Waals surface area contributed by atoms with Crippen LogP contribution in [0, 0.1) is 5.82 Å². The van der Waals surface area contributed by atoms with Crippen molar-refractivity contribution in [1.29, 1.82) is 0 Å². The summed E-state index contributed by atoms with van der Waals surface area (Å²) in [7, 11) is 1.67. The summed E-state index contributed by atoms with van der Waals surface area (Å²) in [5, 5.41) is 3.92. The van der Waals surface area contributed by atoms with Gasteiger partial charge < -0.3 is 10.1 Å². The van der Waals surface area contributed by atoms with Crippen LogP contribution in [0.15, 0.2) is 12.1 Å². The molecule has 0 aliphatic carbocycles. The molecule has 0 aliphatic heterocycles. The lowest BCUT2D eigenvalue weighted by Crippen LogP contribution is -2.35. The van der Waals surface area contributed by atoms with E-state index in [0.717, 1.165) is 12.8 Å². The third kappa shape index (κ3) is 4.92. The highest BCUT2D eigenvalue weighted by atomic mass is 35.5. The first-order valence-corrected chi connectivity index (χ1v) is 7.14. The fourth-order valence-electron chi connectivity index (χ4n) is 2.08. The van der Waals surface area contributed by atoms with E-state index in [1.54, 1.807) is 7.11 Å². The van der Waals surface area contributed by atoms with Crippen molar-refractivity contribution in [1.82, 2.24) is 5.32 Å². The summed E-state index contributed by atoms with van der Waals surface area (Å²) in [6.07, 6.45) is 2.04. The van der Waals surface area contributed by atoms with Gasteiger partial charge in [-0.05, 0) is 31.0 Å². The van der Waals surface area contributed by atoms with E-state index in [9.17, 15) is 4.39 Å². The fraction of sp³-hybridized carbons (Fsp3) is 0.571. The van der Waals surface area contributed by atoms with Gasteiger partial charge in [0.1, 0.15) is 5.82 Å². The molecule has 0 aliphatic rings. The van der Waals surface area contributed by atoms with Crippen LogP contribution in [-0.2, 0) is 4.74 Å². The molecule has 0 bridgehead atoms. The Kier molecular flexibility index (Phi) is 7.08. The van der Waals surface area contributed by atoms with Gasteiger partial charge in [0.15, 0.2) is 0 Å². The molecule has 108 valence electrons. The number of nitrogens with one attached hydrogen (secondary N) is 1. The molecule has 0 spiro atoms. The second kappa shape index (κ2) is 8.05. The molecule has 0 amide bonds. The zero-order chi connectivity index (χ0) is 14.4. The molecule has 2 unspecified atom stereocenters. The predicted molar refractivity (Wildman–Crippen MR) is 78.5 cm³/mol. The lowest BCUT2D eigenvalue weighted by molar-refractivity contribution is 0.157. The summed E-state index contributed by atoms with van der Waals surface area (Å²) in [4.78, 5) is 0. The van der Waals surface area contributed by atoms with Crippen LogP contribution in [0.25, 0.3) is 0 Å². The van der Waals surface area contributed by atoms with Crippen molar-refractivity contribution in [2.45, 2.75) is 38.8 Å². The van der Waals surface area contributed by atoms with Crippen LogP contribution in [0.5, 0.6) is 0 Å². The van der Waals surface area contributed by atoms with Gasteiger partial charge in [-0.15, -0.1) is 0 Å². The summed E-state index contributed by atoms with van der Waals surface area (Å²) < 4.78 is 18.7. The molecule has 0 radical (unpaired) electrons. The molecule has 2 nitrogen and oxygen atoms in total. The number of halogens is 3. The third-order valence-corrected chi connectivity index (χ3v) is 3.61. The molecule has 0 heterocycles. The highest BCUT2D eigenvalue weighted by Crippen LogP contribution is 2.29. The monoisotopic (exact) mass is 307 g/mol. The lowest BCUT2D eigenvalue weighted by Gasteiger charge is -2.23. The van der Waals surface area contributed by atoms with E-state index in [1.165, 1.54) is 12.1 Å². The van der Waals surface area contributed by atoms with E-state index in [0.29, 0.717) is 17.2 Å². The van der Waals surface area contributed by atoms with Gasteiger partial charge in [-0.2, -0.15) is 0 Å². The van der Waals surface area contributed by atoms with Crippen LogP contribution in [0.1, 0.15) is 38.3 Å². The van der Waals surface area contributed by atoms with Crippen LogP contribution in [-0.4, -0.2) is 19.8 Å². The van der Waals surface area contributed by atoms with Gasteiger partial charge in [-0.1, -0.05) is 36.5 Å². The van der Waals surface area contributed by atoms with Crippen molar-refractivity contribution < 1.29 is 9.13 Å². The Morgan fingerprint density at radius 3 is 2.58 bits per heavy atom. The Labute approximate surface area is 124 Å². The van der Waals surface area contributed by atoms with Crippen molar-refractivity contribution in [3.63, 3.8) is 0 Å². The van der Waals surface area contributed by atoms with E-state index in [1.807, 2.05) is 6.92 Å². The number of rotatable bonds is 7. The normalized spacial score (nSPS) is 14.4. The summed E-state index contributed by atoms with van der Waals surface area (Å²) >= 11 is 11.8. The molecule has 1 aromatic rings. The summed E-state index contributed by atoms with van der Waals surface area (Å²) in [5.74, 6) is -0.450. The molecule has 19 heavy (non-hydrogen) atoms. The predicted octanol–water partition coefficient (Wildman–Crippen LogP) is 4.60. The maximum atomic E-state index is 13.5. The third-order valence-electron chi connectivity index (χ3n) is 3.00. The number of methoxy groups -OCH3 is 1. The van der Waals surface area contributed by atoms with Gasteiger partial charge in [0, 0.05) is 24.2 Å². The first-order chi connectivity index (χ1) is 8.99. The van der Waals surface area contributed by atoms with Gasteiger partial charge in [0.25, 0.3) is 0 Å². The van der Waals surface area contributed by atoms with Crippen molar-refractivity contribution in [2.24, 2.45) is 0 Å². The fourth-order valence-corrected chi connectivity index (χ4v) is 2.62. The Hall–Kier alpha value is -0.350. The smallest absolute Gasteiger partial charge is 0.142 e. The van der Waals surface area contributed by atoms with E-state index in [-0.39, 0.29) is 17.1 Å². The molecular weight excluding hydrogens is 288 g/mol. The highest BCUT2D eigenvalue weighted by Gasteiger charge is 2.17. The Balaban J connectivity index is 2.81. The van der Waals surface area contributed by atoms with Crippen molar-refractivity contribution in [3.05, 3.63) is 33.6 Å². The largest absolute Gasteiger partial charge is 0.383 e. The van der Waals surface area contributed by atoms with Crippen molar-refractivity contribution >= 4 is 23.2 Å². The van der Waals surface area contributed by atoms with Crippen LogP contribution >= 0.6 is 23.2 Å². The van der Waals surface area contributed by atoms with Crippen molar-refractivity contribution in [3.8, 4) is 0 Å². The van der Waals surface area contributed by atoms with Crippen molar-refractivity contribution in [2.75, 3.05) is 13.7 Å². The van der Waals surface area contributed by atoms with E-state index >= 15 is 0 Å². The van der Waals surface area contributed by atoms with E-state index in [2.05, 4.69) is 12.2 Å². The molecule has 0 aromatic heterocycles. The van der Waals surface area contributed by atoms with Gasteiger partial charge in [0.2, 0.25) is 0 Å². The standard InChI is InChI=1S/C14H20Cl2FNO/c1-4-5-10(8-19-3)18-9(2)11-6-14(17)13(16)7-12(11)15/h6-7,9-10,18H,4-5,8H2,1-3H3. The topological polar surface area (TPSA) is 21.3 Å². The minimum atomic E-state index is -0.450. The molecule has 1 N–H and O–H groups in total. The van der Waals surface area contributed by atoms with E-state index < -0.39 is 5.82 Å². The minimum Gasteiger partial charge on any atom is -0.383 e. The molecule has 1 rings (SSSR count). The van der Waals surface area contributed by atoms with Gasteiger partial charge in [-0.25, -0.2) is 4.39 Å². The molecule has 0 saturated heterocycles. The zero-order valence-electron chi connectivity index (χ0n) is 11.5. The van der Waals surface area contributed by atoms with Crippen LogP contribution in [0.4, 0.5) is 4.39 Å². The quantitative estimate of drug-likeness (QED) is 0.743. The highest BCUT2D eigenvalue weighted by molar-refractivity contribution is 6.35. The number of hydrogen-bond acceptors (Lipinski definition) is 2. The number of benzene rings is 1. The summed E-state index contributed by atoms with van der Waals surface area (Å²) in [5.41, 5.74) is 0.709.